The Hall–Kier alpha value is -4.06. The lowest BCUT2D eigenvalue weighted by molar-refractivity contribution is -0.120. The normalized spacial score (nSPS) is 13.7. The number of carbonyl (C=O) groups excluding carboxylic acids is 2. The van der Waals surface area contributed by atoms with Crippen molar-refractivity contribution >= 4 is 28.8 Å². The van der Waals surface area contributed by atoms with E-state index in [0.717, 1.165) is 5.75 Å². The van der Waals surface area contributed by atoms with Gasteiger partial charge >= 0.3 is 0 Å². The number of hydrogen-bond donors (Lipinski definition) is 1. The Bertz CT molecular complexity index is 1150. The summed E-state index contributed by atoms with van der Waals surface area (Å²) in [5.74, 6) is 0.610. The molecule has 3 aromatic rings. The molecule has 0 radical (unpaired) electrons. The van der Waals surface area contributed by atoms with E-state index in [2.05, 4.69) is 5.32 Å². The first kappa shape index (κ1) is 21.2. The number of anilines is 2. The largest absolute Gasteiger partial charge is 0.497 e. The maximum Gasteiger partial charge on any atom is 0.282 e. The molecular formula is C26H24N2O4. The summed E-state index contributed by atoms with van der Waals surface area (Å²) in [5, 5.41) is 3.16. The average molecular weight is 428 g/mol. The lowest BCUT2D eigenvalue weighted by atomic mass is 10.0. The molecule has 1 aliphatic heterocycles. The van der Waals surface area contributed by atoms with Gasteiger partial charge in [0.2, 0.25) is 0 Å². The number of para-hydroxylation sites is 1. The van der Waals surface area contributed by atoms with E-state index < -0.39 is 5.91 Å². The molecule has 4 rings (SSSR count). The van der Waals surface area contributed by atoms with Crippen LogP contribution in [0.15, 0.2) is 84.6 Å². The smallest absolute Gasteiger partial charge is 0.282 e. The topological polar surface area (TPSA) is 67.9 Å². The van der Waals surface area contributed by atoms with E-state index in [1.165, 1.54) is 4.90 Å². The summed E-state index contributed by atoms with van der Waals surface area (Å²) in [6.45, 7) is 3.91. The fourth-order valence-electron chi connectivity index (χ4n) is 3.52. The van der Waals surface area contributed by atoms with Crippen LogP contribution in [0.2, 0.25) is 0 Å². The van der Waals surface area contributed by atoms with Gasteiger partial charge in [0, 0.05) is 5.69 Å². The summed E-state index contributed by atoms with van der Waals surface area (Å²) in [6.07, 6.45) is 0.0617. The summed E-state index contributed by atoms with van der Waals surface area (Å²) in [6, 6.07) is 23.3. The fourth-order valence-corrected chi connectivity index (χ4v) is 3.52. The number of methoxy groups -OCH3 is 1. The van der Waals surface area contributed by atoms with Gasteiger partial charge in [0.25, 0.3) is 11.8 Å². The molecule has 162 valence electrons. The van der Waals surface area contributed by atoms with Crippen molar-refractivity contribution in [2.24, 2.45) is 0 Å². The second-order valence-corrected chi connectivity index (χ2v) is 7.58. The van der Waals surface area contributed by atoms with E-state index in [1.807, 2.05) is 44.2 Å². The molecule has 0 saturated carbocycles. The fraction of sp³-hybridized carbons (Fsp3) is 0.154. The van der Waals surface area contributed by atoms with Crippen molar-refractivity contribution in [3.8, 4) is 11.5 Å². The summed E-state index contributed by atoms with van der Waals surface area (Å²) < 4.78 is 10.9. The van der Waals surface area contributed by atoms with Crippen molar-refractivity contribution in [1.29, 1.82) is 0 Å². The van der Waals surface area contributed by atoms with Gasteiger partial charge in [-0.15, -0.1) is 0 Å². The summed E-state index contributed by atoms with van der Waals surface area (Å²) in [7, 11) is 1.58. The number of amides is 2. The monoisotopic (exact) mass is 428 g/mol. The second kappa shape index (κ2) is 8.98. The number of hydrogen-bond acceptors (Lipinski definition) is 5. The van der Waals surface area contributed by atoms with Gasteiger partial charge in [-0.25, -0.2) is 4.90 Å². The molecule has 0 saturated heterocycles. The van der Waals surface area contributed by atoms with Crippen molar-refractivity contribution in [1.82, 2.24) is 0 Å². The van der Waals surface area contributed by atoms with Crippen LogP contribution in [0.1, 0.15) is 19.4 Å². The minimum atomic E-state index is -0.408. The highest BCUT2D eigenvalue weighted by Gasteiger charge is 2.40. The van der Waals surface area contributed by atoms with Crippen LogP contribution in [-0.2, 0) is 9.59 Å². The van der Waals surface area contributed by atoms with Gasteiger partial charge in [0.05, 0.1) is 24.5 Å². The number of nitrogens with one attached hydrogen (secondary N) is 1. The van der Waals surface area contributed by atoms with Gasteiger partial charge < -0.3 is 14.8 Å². The van der Waals surface area contributed by atoms with Gasteiger partial charge in [-0.1, -0.05) is 30.3 Å². The molecule has 0 spiro atoms. The quantitative estimate of drug-likeness (QED) is 0.544. The first-order valence-corrected chi connectivity index (χ1v) is 10.3. The van der Waals surface area contributed by atoms with Crippen LogP contribution in [0.5, 0.6) is 11.5 Å². The van der Waals surface area contributed by atoms with E-state index in [1.54, 1.807) is 55.6 Å². The van der Waals surface area contributed by atoms with Crippen LogP contribution in [-0.4, -0.2) is 25.0 Å². The van der Waals surface area contributed by atoms with Gasteiger partial charge in [0.1, 0.15) is 17.2 Å². The van der Waals surface area contributed by atoms with E-state index in [4.69, 9.17) is 9.47 Å². The highest BCUT2D eigenvalue weighted by Crippen LogP contribution is 2.34. The van der Waals surface area contributed by atoms with Gasteiger partial charge in [0.15, 0.2) is 0 Å². The Morgan fingerprint density at radius 2 is 1.41 bits per heavy atom. The Balaban J connectivity index is 1.73. The molecule has 2 amide bonds. The van der Waals surface area contributed by atoms with Crippen molar-refractivity contribution in [2.45, 2.75) is 20.0 Å². The Morgan fingerprint density at radius 1 is 0.781 bits per heavy atom. The SMILES string of the molecule is COc1ccc(C2=C(Nc3ccc(OC(C)C)cc3)C(=O)N(c3ccccc3)C2=O)cc1. The zero-order valence-electron chi connectivity index (χ0n) is 18.2. The number of nitrogens with zero attached hydrogens (tertiary/aromatic N) is 1. The summed E-state index contributed by atoms with van der Waals surface area (Å²) in [4.78, 5) is 28.0. The third-order valence-electron chi connectivity index (χ3n) is 4.97. The van der Waals surface area contributed by atoms with Crippen molar-refractivity contribution < 1.29 is 19.1 Å². The molecule has 0 unspecified atom stereocenters. The van der Waals surface area contributed by atoms with Crippen molar-refractivity contribution in [3.05, 3.63) is 90.1 Å². The maximum absolute atomic E-state index is 13.4. The van der Waals surface area contributed by atoms with Crippen LogP contribution in [0, 0.1) is 0 Å². The minimum Gasteiger partial charge on any atom is -0.497 e. The van der Waals surface area contributed by atoms with Crippen LogP contribution in [0.3, 0.4) is 0 Å². The number of carbonyl (C=O) groups is 2. The second-order valence-electron chi connectivity index (χ2n) is 7.58. The van der Waals surface area contributed by atoms with E-state index >= 15 is 0 Å². The molecule has 0 bridgehead atoms. The van der Waals surface area contributed by atoms with E-state index in [-0.39, 0.29) is 17.7 Å². The Kier molecular flexibility index (Phi) is 5.94. The van der Waals surface area contributed by atoms with Gasteiger partial charge in [-0.2, -0.15) is 0 Å². The lowest BCUT2D eigenvalue weighted by Crippen LogP contribution is -2.32. The van der Waals surface area contributed by atoms with Gasteiger partial charge in [-0.05, 0) is 67.9 Å². The molecule has 3 aromatic carbocycles. The number of imide groups is 1. The maximum atomic E-state index is 13.4. The zero-order chi connectivity index (χ0) is 22.7. The molecule has 32 heavy (non-hydrogen) atoms. The molecule has 6 heteroatoms. The van der Waals surface area contributed by atoms with Gasteiger partial charge in [-0.3, -0.25) is 9.59 Å². The third kappa shape index (κ3) is 4.21. The van der Waals surface area contributed by atoms with Crippen LogP contribution >= 0.6 is 0 Å². The molecule has 0 fully saturated rings. The highest BCUT2D eigenvalue weighted by molar-refractivity contribution is 6.46. The van der Waals surface area contributed by atoms with Crippen molar-refractivity contribution in [3.63, 3.8) is 0 Å². The molecule has 1 aliphatic rings. The number of benzene rings is 3. The highest BCUT2D eigenvalue weighted by atomic mass is 16.5. The molecule has 6 nitrogen and oxygen atoms in total. The number of rotatable bonds is 7. The van der Waals surface area contributed by atoms with Crippen LogP contribution < -0.4 is 19.7 Å². The Labute approximate surface area is 187 Å². The average Bonchev–Trinajstić information content (AvgIpc) is 3.04. The molecule has 0 aliphatic carbocycles. The van der Waals surface area contributed by atoms with E-state index in [9.17, 15) is 9.59 Å². The first-order chi connectivity index (χ1) is 15.5. The molecule has 0 aromatic heterocycles. The lowest BCUT2D eigenvalue weighted by Gasteiger charge is -2.15. The predicted molar refractivity (Wildman–Crippen MR) is 125 cm³/mol. The zero-order valence-corrected chi connectivity index (χ0v) is 18.2. The molecular weight excluding hydrogens is 404 g/mol. The molecule has 1 heterocycles. The Morgan fingerprint density at radius 3 is 2.00 bits per heavy atom. The summed E-state index contributed by atoms with van der Waals surface area (Å²) >= 11 is 0. The molecule has 0 atom stereocenters. The first-order valence-electron chi connectivity index (χ1n) is 10.3. The molecule has 1 N–H and O–H groups in total. The van der Waals surface area contributed by atoms with E-state index in [0.29, 0.717) is 28.3 Å². The van der Waals surface area contributed by atoms with Crippen LogP contribution in [0.4, 0.5) is 11.4 Å². The third-order valence-corrected chi connectivity index (χ3v) is 4.97. The minimum absolute atomic E-state index is 0.0617. The predicted octanol–water partition coefficient (Wildman–Crippen LogP) is 4.88. The number of ether oxygens (including phenoxy) is 2. The summed E-state index contributed by atoms with van der Waals surface area (Å²) in [5.41, 5.74) is 2.36. The standard InChI is InChI=1S/C26H24N2O4/c1-17(2)32-22-15-11-19(12-16-22)27-24-23(18-9-13-21(31-3)14-10-18)25(29)28(26(24)30)20-7-5-4-6-8-20/h4-17,27H,1-3H3. The van der Waals surface area contributed by atoms with Crippen molar-refractivity contribution in [2.75, 3.05) is 17.3 Å². The van der Waals surface area contributed by atoms with Crippen LogP contribution in [0.25, 0.3) is 5.57 Å².